The molecule has 1 unspecified atom stereocenters. The van der Waals surface area contributed by atoms with Gasteiger partial charge < -0.3 is 14.6 Å². The summed E-state index contributed by atoms with van der Waals surface area (Å²) in [6.07, 6.45) is -0.519. The predicted molar refractivity (Wildman–Crippen MR) is 77.6 cm³/mol. The van der Waals surface area contributed by atoms with E-state index >= 15 is 0 Å². The van der Waals surface area contributed by atoms with E-state index in [1.165, 1.54) is 12.1 Å². The minimum absolute atomic E-state index is 0.0309. The van der Waals surface area contributed by atoms with E-state index in [2.05, 4.69) is 0 Å². The zero-order valence-electron chi connectivity index (χ0n) is 10.8. The molecule has 3 nitrogen and oxygen atoms in total. The smallest absolute Gasteiger partial charge is 0.231 e. The van der Waals surface area contributed by atoms with E-state index in [-0.39, 0.29) is 18.2 Å². The molecule has 0 radical (unpaired) electrons. The Morgan fingerprint density at radius 1 is 1.14 bits per heavy atom. The van der Waals surface area contributed by atoms with Crippen LogP contribution in [0.5, 0.6) is 11.5 Å². The van der Waals surface area contributed by atoms with Crippen LogP contribution in [0.1, 0.15) is 17.2 Å². The van der Waals surface area contributed by atoms with Gasteiger partial charge in [-0.3, -0.25) is 0 Å². The van der Waals surface area contributed by atoms with Crippen LogP contribution in [0.15, 0.2) is 30.3 Å². The Hall–Kier alpha value is -1.49. The molecule has 3 rings (SSSR count). The Morgan fingerprint density at radius 3 is 2.71 bits per heavy atom. The van der Waals surface area contributed by atoms with Crippen LogP contribution < -0.4 is 9.47 Å². The van der Waals surface area contributed by atoms with Crippen molar-refractivity contribution in [3.8, 4) is 11.5 Å². The van der Waals surface area contributed by atoms with E-state index < -0.39 is 11.9 Å². The van der Waals surface area contributed by atoms with Crippen LogP contribution in [0.3, 0.4) is 0 Å². The minimum Gasteiger partial charge on any atom is -0.454 e. The monoisotopic (exact) mass is 328 g/mol. The van der Waals surface area contributed by atoms with Crippen LogP contribution in [0.4, 0.5) is 4.39 Å². The first-order valence-electron chi connectivity index (χ1n) is 6.25. The number of rotatable bonds is 3. The molecule has 0 fully saturated rings. The summed E-state index contributed by atoms with van der Waals surface area (Å²) in [5.41, 5.74) is 1.33. The van der Waals surface area contributed by atoms with Crippen LogP contribution in [0.2, 0.25) is 10.0 Å². The number of ether oxygens (including phenoxy) is 2. The summed E-state index contributed by atoms with van der Waals surface area (Å²) in [5.74, 6) is 0.507. The van der Waals surface area contributed by atoms with E-state index in [0.29, 0.717) is 22.1 Å². The average molecular weight is 329 g/mol. The summed E-state index contributed by atoms with van der Waals surface area (Å²) in [4.78, 5) is 0. The SMILES string of the molecule is OC(Cc1ccc(F)c(Cl)c1)c1cc(Cl)c2c(c1)OCO2. The van der Waals surface area contributed by atoms with Crippen molar-refractivity contribution in [2.45, 2.75) is 12.5 Å². The zero-order chi connectivity index (χ0) is 15.0. The molecule has 1 aliphatic heterocycles. The largest absolute Gasteiger partial charge is 0.454 e. The zero-order valence-corrected chi connectivity index (χ0v) is 12.3. The Labute approximate surface area is 130 Å². The lowest BCUT2D eigenvalue weighted by Gasteiger charge is -2.13. The Balaban J connectivity index is 1.83. The maximum absolute atomic E-state index is 13.1. The summed E-state index contributed by atoms with van der Waals surface area (Å²) in [6.45, 7) is 0.113. The van der Waals surface area contributed by atoms with Gasteiger partial charge >= 0.3 is 0 Å². The maximum Gasteiger partial charge on any atom is 0.231 e. The second-order valence-electron chi connectivity index (χ2n) is 4.70. The molecule has 110 valence electrons. The number of hydrogen-bond acceptors (Lipinski definition) is 3. The van der Waals surface area contributed by atoms with E-state index in [0.717, 1.165) is 5.56 Å². The first-order chi connectivity index (χ1) is 10.0. The van der Waals surface area contributed by atoms with E-state index in [1.54, 1.807) is 18.2 Å². The van der Waals surface area contributed by atoms with Crippen molar-refractivity contribution in [1.29, 1.82) is 0 Å². The molecular formula is C15H11Cl2FO3. The van der Waals surface area contributed by atoms with Crippen LogP contribution in [0.25, 0.3) is 0 Å². The molecule has 2 aromatic rings. The fraction of sp³-hybridized carbons (Fsp3) is 0.200. The van der Waals surface area contributed by atoms with E-state index in [4.69, 9.17) is 32.7 Å². The quantitative estimate of drug-likeness (QED) is 0.920. The lowest BCUT2D eigenvalue weighted by atomic mass is 10.0. The highest BCUT2D eigenvalue weighted by Crippen LogP contribution is 2.41. The van der Waals surface area contributed by atoms with Crippen LogP contribution in [-0.2, 0) is 6.42 Å². The van der Waals surface area contributed by atoms with Gasteiger partial charge in [0.2, 0.25) is 6.79 Å². The molecule has 1 atom stereocenters. The van der Waals surface area contributed by atoms with Crippen molar-refractivity contribution in [2.75, 3.05) is 6.79 Å². The molecule has 0 spiro atoms. The number of aliphatic hydroxyl groups is 1. The van der Waals surface area contributed by atoms with Crippen molar-refractivity contribution in [3.63, 3.8) is 0 Å². The van der Waals surface area contributed by atoms with Gasteiger partial charge in [0.15, 0.2) is 11.5 Å². The molecule has 0 bridgehead atoms. The molecule has 0 aliphatic carbocycles. The summed E-state index contributed by atoms with van der Waals surface area (Å²) in [6, 6.07) is 7.67. The molecular weight excluding hydrogens is 318 g/mol. The maximum atomic E-state index is 13.1. The summed E-state index contributed by atoms with van der Waals surface area (Å²) < 4.78 is 23.6. The van der Waals surface area contributed by atoms with E-state index in [1.807, 2.05) is 0 Å². The summed E-state index contributed by atoms with van der Waals surface area (Å²) >= 11 is 11.8. The Kier molecular flexibility index (Phi) is 3.93. The van der Waals surface area contributed by atoms with Crippen LogP contribution in [-0.4, -0.2) is 11.9 Å². The van der Waals surface area contributed by atoms with Gasteiger partial charge in [0, 0.05) is 6.42 Å². The fourth-order valence-electron chi connectivity index (χ4n) is 2.19. The van der Waals surface area contributed by atoms with Crippen molar-refractivity contribution < 1.29 is 19.0 Å². The Morgan fingerprint density at radius 2 is 1.95 bits per heavy atom. The van der Waals surface area contributed by atoms with Gasteiger partial charge in [0.25, 0.3) is 0 Å². The van der Waals surface area contributed by atoms with Crippen molar-refractivity contribution in [1.82, 2.24) is 0 Å². The number of fused-ring (bicyclic) bond motifs is 1. The van der Waals surface area contributed by atoms with Crippen molar-refractivity contribution in [3.05, 3.63) is 57.3 Å². The van der Waals surface area contributed by atoms with Gasteiger partial charge in [-0.05, 0) is 35.4 Å². The second-order valence-corrected chi connectivity index (χ2v) is 5.52. The summed E-state index contributed by atoms with van der Waals surface area (Å²) in [5, 5.41) is 10.7. The van der Waals surface area contributed by atoms with Crippen molar-refractivity contribution in [2.24, 2.45) is 0 Å². The number of halogens is 3. The standard InChI is InChI=1S/C15H11Cl2FO3/c16-10-3-8(1-2-12(10)18)4-13(19)9-5-11(17)15-14(6-9)20-7-21-15/h1-3,5-6,13,19H,4,7H2. The molecule has 0 aromatic heterocycles. The second kappa shape index (κ2) is 5.72. The van der Waals surface area contributed by atoms with E-state index in [9.17, 15) is 9.50 Å². The molecule has 2 aromatic carbocycles. The topological polar surface area (TPSA) is 38.7 Å². The number of benzene rings is 2. The molecule has 6 heteroatoms. The minimum atomic E-state index is -0.807. The highest BCUT2D eigenvalue weighted by molar-refractivity contribution is 6.32. The third-order valence-electron chi connectivity index (χ3n) is 3.25. The molecule has 1 N–H and O–H groups in total. The first kappa shape index (κ1) is 14.4. The Bertz CT molecular complexity index is 691. The third-order valence-corrected chi connectivity index (χ3v) is 3.82. The van der Waals surface area contributed by atoms with Crippen molar-refractivity contribution >= 4 is 23.2 Å². The van der Waals surface area contributed by atoms with Crippen LogP contribution >= 0.6 is 23.2 Å². The van der Waals surface area contributed by atoms with Gasteiger partial charge in [-0.1, -0.05) is 29.3 Å². The van der Waals surface area contributed by atoms with Gasteiger partial charge in [0.1, 0.15) is 5.82 Å². The molecule has 0 amide bonds. The van der Waals surface area contributed by atoms with Gasteiger partial charge in [-0.15, -0.1) is 0 Å². The lowest BCUT2D eigenvalue weighted by Crippen LogP contribution is -2.02. The molecule has 0 saturated carbocycles. The predicted octanol–water partition coefficient (Wildman–Crippen LogP) is 4.14. The average Bonchev–Trinajstić information content (AvgIpc) is 2.92. The third kappa shape index (κ3) is 2.93. The summed E-state index contributed by atoms with van der Waals surface area (Å²) in [7, 11) is 0. The van der Waals surface area contributed by atoms with Gasteiger partial charge in [0.05, 0.1) is 16.1 Å². The number of aliphatic hydroxyl groups excluding tert-OH is 1. The van der Waals surface area contributed by atoms with Gasteiger partial charge in [-0.25, -0.2) is 4.39 Å². The molecule has 1 heterocycles. The molecule has 21 heavy (non-hydrogen) atoms. The number of hydrogen-bond donors (Lipinski definition) is 1. The lowest BCUT2D eigenvalue weighted by molar-refractivity contribution is 0.171. The van der Waals surface area contributed by atoms with Crippen LogP contribution in [0, 0.1) is 5.82 Å². The molecule has 1 aliphatic rings. The van der Waals surface area contributed by atoms with Gasteiger partial charge in [-0.2, -0.15) is 0 Å². The normalized spacial score (nSPS) is 14.3. The fourth-order valence-corrected chi connectivity index (χ4v) is 2.66. The first-order valence-corrected chi connectivity index (χ1v) is 7.01. The highest BCUT2D eigenvalue weighted by atomic mass is 35.5. The molecule has 0 saturated heterocycles. The highest BCUT2D eigenvalue weighted by Gasteiger charge is 2.21.